The lowest BCUT2D eigenvalue weighted by Crippen LogP contribution is -2.40. The normalized spacial score (nSPS) is 16.3. The maximum absolute atomic E-state index is 12.6. The van der Waals surface area contributed by atoms with Gasteiger partial charge in [-0.15, -0.1) is 0 Å². The number of nitrogens with zero attached hydrogens (tertiary/aromatic N) is 1. The van der Waals surface area contributed by atoms with E-state index in [2.05, 4.69) is 5.32 Å². The van der Waals surface area contributed by atoms with Crippen LogP contribution in [0.3, 0.4) is 0 Å². The monoisotopic (exact) mass is 404 g/mol. The molecule has 2 aromatic rings. The molecule has 7 nitrogen and oxygen atoms in total. The predicted octanol–water partition coefficient (Wildman–Crippen LogP) is 1.96. The summed E-state index contributed by atoms with van der Waals surface area (Å²) in [7, 11) is -3.54. The highest BCUT2D eigenvalue weighted by molar-refractivity contribution is 7.89. The number of carbonyl (C=O) groups is 1. The number of nitrogens with one attached hydrogen (secondary N) is 1. The van der Waals surface area contributed by atoms with Gasteiger partial charge in [-0.1, -0.05) is 30.3 Å². The number of amides is 1. The summed E-state index contributed by atoms with van der Waals surface area (Å²) < 4.78 is 37.3. The van der Waals surface area contributed by atoms with Gasteiger partial charge in [0.15, 0.2) is 6.61 Å². The lowest BCUT2D eigenvalue weighted by molar-refractivity contribution is -0.123. The Hall–Kier alpha value is -2.42. The first kappa shape index (κ1) is 20.3. The number of sulfonamides is 1. The smallest absolute Gasteiger partial charge is 0.258 e. The molecule has 0 radical (unpaired) electrons. The molecule has 1 aliphatic heterocycles. The molecule has 1 aliphatic rings. The quantitative estimate of drug-likeness (QED) is 0.763. The standard InChI is InChI=1S/C20H24N2O5S/c1-16(17-5-3-2-4-6-17)21-20(23)15-27-18-7-9-19(10-8-18)28(24,25)22-11-13-26-14-12-22/h2-10,16H,11-15H2,1H3,(H,21,23)/t16-/m0/s1. The van der Waals surface area contributed by atoms with Gasteiger partial charge in [0.25, 0.3) is 5.91 Å². The maximum atomic E-state index is 12.6. The lowest BCUT2D eigenvalue weighted by Gasteiger charge is -2.26. The van der Waals surface area contributed by atoms with E-state index < -0.39 is 10.0 Å². The minimum atomic E-state index is -3.54. The van der Waals surface area contributed by atoms with Gasteiger partial charge in [0.2, 0.25) is 10.0 Å². The van der Waals surface area contributed by atoms with Gasteiger partial charge in [-0.2, -0.15) is 4.31 Å². The van der Waals surface area contributed by atoms with Gasteiger partial charge in [-0.3, -0.25) is 4.79 Å². The summed E-state index contributed by atoms with van der Waals surface area (Å²) in [6, 6.07) is 15.6. The second-order valence-electron chi connectivity index (χ2n) is 6.48. The molecular weight excluding hydrogens is 380 g/mol. The van der Waals surface area contributed by atoms with Crippen molar-refractivity contribution in [2.45, 2.75) is 17.9 Å². The second-order valence-corrected chi connectivity index (χ2v) is 8.41. The van der Waals surface area contributed by atoms with E-state index in [1.807, 2.05) is 37.3 Å². The highest BCUT2D eigenvalue weighted by Crippen LogP contribution is 2.20. The van der Waals surface area contributed by atoms with E-state index in [1.54, 1.807) is 12.1 Å². The molecule has 8 heteroatoms. The van der Waals surface area contributed by atoms with Crippen LogP contribution in [0.2, 0.25) is 0 Å². The molecule has 2 aromatic carbocycles. The molecule has 150 valence electrons. The van der Waals surface area contributed by atoms with E-state index in [0.29, 0.717) is 32.1 Å². The van der Waals surface area contributed by atoms with Crippen molar-refractivity contribution in [1.82, 2.24) is 9.62 Å². The van der Waals surface area contributed by atoms with E-state index in [4.69, 9.17) is 9.47 Å². The minimum absolute atomic E-state index is 0.127. The van der Waals surface area contributed by atoms with E-state index in [1.165, 1.54) is 16.4 Å². The van der Waals surface area contributed by atoms with Crippen LogP contribution in [0.1, 0.15) is 18.5 Å². The Bertz CT molecular complexity index is 879. The van der Waals surface area contributed by atoms with Gasteiger partial charge in [0.1, 0.15) is 5.75 Å². The van der Waals surface area contributed by atoms with Crippen molar-refractivity contribution < 1.29 is 22.7 Å². The molecule has 1 atom stereocenters. The molecule has 1 fully saturated rings. The van der Waals surface area contributed by atoms with Crippen LogP contribution in [0.4, 0.5) is 0 Å². The Morgan fingerprint density at radius 1 is 1.11 bits per heavy atom. The second kappa shape index (κ2) is 9.18. The molecule has 0 spiro atoms. The number of benzene rings is 2. The lowest BCUT2D eigenvalue weighted by atomic mass is 10.1. The third kappa shape index (κ3) is 5.09. The highest BCUT2D eigenvalue weighted by Gasteiger charge is 2.26. The molecule has 28 heavy (non-hydrogen) atoms. The molecule has 0 saturated carbocycles. The first-order chi connectivity index (χ1) is 13.5. The number of rotatable bonds is 7. The first-order valence-electron chi connectivity index (χ1n) is 9.12. The van der Waals surface area contributed by atoms with Crippen molar-refractivity contribution in [1.29, 1.82) is 0 Å². The van der Waals surface area contributed by atoms with Gasteiger partial charge in [0.05, 0.1) is 24.2 Å². The fourth-order valence-electron chi connectivity index (χ4n) is 2.90. The van der Waals surface area contributed by atoms with Gasteiger partial charge < -0.3 is 14.8 Å². The molecule has 1 saturated heterocycles. The number of carbonyl (C=O) groups excluding carboxylic acids is 1. The van der Waals surface area contributed by atoms with Crippen LogP contribution in [0.25, 0.3) is 0 Å². The Balaban J connectivity index is 1.53. The molecule has 1 N–H and O–H groups in total. The minimum Gasteiger partial charge on any atom is -0.484 e. The van der Waals surface area contributed by atoms with Gasteiger partial charge in [0, 0.05) is 13.1 Å². The Morgan fingerprint density at radius 3 is 2.39 bits per heavy atom. The predicted molar refractivity (Wildman–Crippen MR) is 105 cm³/mol. The van der Waals surface area contributed by atoms with Crippen LogP contribution in [0.15, 0.2) is 59.5 Å². The van der Waals surface area contributed by atoms with Crippen molar-refractivity contribution in [2.75, 3.05) is 32.9 Å². The molecule has 0 bridgehead atoms. The van der Waals surface area contributed by atoms with E-state index >= 15 is 0 Å². The molecule has 1 amide bonds. The fourth-order valence-corrected chi connectivity index (χ4v) is 4.31. The molecule has 1 heterocycles. The zero-order valence-corrected chi connectivity index (χ0v) is 16.5. The third-order valence-corrected chi connectivity index (χ3v) is 6.39. The zero-order chi connectivity index (χ0) is 20.0. The van der Waals surface area contributed by atoms with Crippen LogP contribution in [-0.4, -0.2) is 51.5 Å². The average molecular weight is 404 g/mol. The number of morpholine rings is 1. The summed E-state index contributed by atoms with van der Waals surface area (Å²) in [5.74, 6) is 0.185. The van der Waals surface area contributed by atoms with E-state index in [-0.39, 0.29) is 23.5 Å². The number of hydrogen-bond acceptors (Lipinski definition) is 5. The summed E-state index contributed by atoms with van der Waals surface area (Å²) in [5, 5.41) is 2.87. The number of ether oxygens (including phenoxy) is 2. The van der Waals surface area contributed by atoms with Gasteiger partial charge in [-0.25, -0.2) is 8.42 Å². The van der Waals surface area contributed by atoms with Crippen LogP contribution in [-0.2, 0) is 19.6 Å². The van der Waals surface area contributed by atoms with Crippen LogP contribution in [0, 0.1) is 0 Å². The Kier molecular flexibility index (Phi) is 6.66. The zero-order valence-electron chi connectivity index (χ0n) is 15.7. The summed E-state index contributed by atoms with van der Waals surface area (Å²) in [6.07, 6.45) is 0. The summed E-state index contributed by atoms with van der Waals surface area (Å²) >= 11 is 0. The van der Waals surface area contributed by atoms with E-state index in [0.717, 1.165) is 5.56 Å². The summed E-state index contributed by atoms with van der Waals surface area (Å²) in [6.45, 7) is 3.25. The Labute approximate surface area is 165 Å². The van der Waals surface area contributed by atoms with Crippen molar-refractivity contribution >= 4 is 15.9 Å². The topological polar surface area (TPSA) is 84.9 Å². The highest BCUT2D eigenvalue weighted by atomic mass is 32.2. The molecular formula is C20H24N2O5S. The van der Waals surface area contributed by atoms with Gasteiger partial charge in [-0.05, 0) is 36.8 Å². The van der Waals surface area contributed by atoms with Crippen molar-refractivity contribution in [3.8, 4) is 5.75 Å². The fraction of sp³-hybridized carbons (Fsp3) is 0.350. The van der Waals surface area contributed by atoms with Crippen LogP contribution >= 0.6 is 0 Å². The Morgan fingerprint density at radius 2 is 1.75 bits per heavy atom. The van der Waals surface area contributed by atoms with Crippen molar-refractivity contribution in [3.63, 3.8) is 0 Å². The molecule has 0 aromatic heterocycles. The maximum Gasteiger partial charge on any atom is 0.258 e. The van der Waals surface area contributed by atoms with E-state index in [9.17, 15) is 13.2 Å². The summed E-state index contributed by atoms with van der Waals surface area (Å²) in [5.41, 5.74) is 1.01. The van der Waals surface area contributed by atoms with Crippen LogP contribution in [0.5, 0.6) is 5.75 Å². The molecule has 3 rings (SSSR count). The van der Waals surface area contributed by atoms with Crippen molar-refractivity contribution in [3.05, 3.63) is 60.2 Å². The average Bonchev–Trinajstić information content (AvgIpc) is 2.74. The SMILES string of the molecule is C[C@H](NC(=O)COc1ccc(S(=O)(=O)N2CCOCC2)cc1)c1ccccc1. The largest absolute Gasteiger partial charge is 0.484 e. The third-order valence-electron chi connectivity index (χ3n) is 4.48. The van der Waals surface area contributed by atoms with Crippen molar-refractivity contribution in [2.24, 2.45) is 0 Å². The number of hydrogen-bond donors (Lipinski definition) is 1. The van der Waals surface area contributed by atoms with Crippen LogP contribution < -0.4 is 10.1 Å². The molecule has 0 unspecified atom stereocenters. The summed E-state index contributed by atoms with van der Waals surface area (Å²) in [4.78, 5) is 12.3. The first-order valence-corrected chi connectivity index (χ1v) is 10.6. The molecule has 0 aliphatic carbocycles. The van der Waals surface area contributed by atoms with Gasteiger partial charge >= 0.3 is 0 Å².